The van der Waals surface area contributed by atoms with Gasteiger partial charge in [-0.05, 0) is 42.3 Å². The van der Waals surface area contributed by atoms with E-state index < -0.39 is 21.4 Å². The van der Waals surface area contributed by atoms with Crippen LogP contribution in [0.3, 0.4) is 0 Å². The second-order valence-electron chi connectivity index (χ2n) is 6.16. The molecule has 0 bridgehead atoms. The van der Waals surface area contributed by atoms with Crippen LogP contribution in [0.15, 0.2) is 24.4 Å². The van der Waals surface area contributed by atoms with Crippen LogP contribution in [0.25, 0.3) is 10.9 Å². The van der Waals surface area contributed by atoms with Crippen LogP contribution in [-0.2, 0) is 15.9 Å². The summed E-state index contributed by atoms with van der Waals surface area (Å²) in [5.41, 5.74) is 0.907. The Balaban J connectivity index is 1.85. The van der Waals surface area contributed by atoms with Gasteiger partial charge in [-0.1, -0.05) is 6.07 Å². The summed E-state index contributed by atoms with van der Waals surface area (Å²) in [5, 5.41) is 0.836. The molecule has 3 nitrogen and oxygen atoms in total. The van der Waals surface area contributed by atoms with Gasteiger partial charge in [0.2, 0.25) is 0 Å². The number of rotatable bonds is 2. The van der Waals surface area contributed by atoms with Crippen molar-refractivity contribution in [3.8, 4) is 0 Å². The number of aromatic amines is 1. The first-order chi connectivity index (χ1) is 10.7. The van der Waals surface area contributed by atoms with Crippen molar-refractivity contribution in [2.75, 3.05) is 19.3 Å². The maximum Gasteiger partial charge on any atom is 0.416 e. The molecule has 0 saturated carbocycles. The third-order valence-corrected chi connectivity index (χ3v) is 5.94. The van der Waals surface area contributed by atoms with E-state index in [1.165, 1.54) is 0 Å². The Morgan fingerprint density at radius 3 is 2.52 bits per heavy atom. The van der Waals surface area contributed by atoms with Crippen molar-refractivity contribution in [3.63, 3.8) is 0 Å². The summed E-state index contributed by atoms with van der Waals surface area (Å²) in [6, 6.07) is 3.83. The summed E-state index contributed by atoms with van der Waals surface area (Å²) in [6.07, 6.45) is 0.763. The number of alkyl halides is 3. The molecule has 0 amide bonds. The molecule has 126 valence electrons. The lowest BCUT2D eigenvalue weighted by atomic mass is 9.90. The fourth-order valence-corrected chi connectivity index (χ4v) is 4.20. The van der Waals surface area contributed by atoms with Gasteiger partial charge in [0.1, 0.15) is 0 Å². The van der Waals surface area contributed by atoms with Gasteiger partial charge in [0, 0.05) is 46.2 Å². The maximum atomic E-state index is 12.8. The van der Waals surface area contributed by atoms with Gasteiger partial charge in [0.15, 0.2) is 0 Å². The van der Waals surface area contributed by atoms with Crippen molar-refractivity contribution in [2.45, 2.75) is 24.9 Å². The number of H-pyrrole nitrogens is 1. The van der Waals surface area contributed by atoms with Crippen LogP contribution in [0.1, 0.15) is 29.9 Å². The number of piperidine rings is 1. The Hall–Kier alpha value is -1.47. The molecule has 1 aliphatic heterocycles. The number of nitrogens with one attached hydrogen (secondary N) is 1. The lowest BCUT2D eigenvalue weighted by molar-refractivity contribution is -0.137. The Labute approximate surface area is 133 Å². The summed E-state index contributed by atoms with van der Waals surface area (Å²) in [5.74, 6) is 3.97. The Kier molecular flexibility index (Phi) is 3.96. The van der Waals surface area contributed by atoms with Crippen molar-refractivity contribution >= 4 is 26.5 Å². The van der Waals surface area contributed by atoms with E-state index in [0.717, 1.165) is 35.9 Å². The molecule has 0 spiro atoms. The summed E-state index contributed by atoms with van der Waals surface area (Å²) in [6.45, 7) is 1.38. The van der Waals surface area contributed by atoms with Gasteiger partial charge < -0.3 is 4.98 Å². The van der Waals surface area contributed by atoms with E-state index in [2.05, 4.69) is 10.9 Å². The largest absolute Gasteiger partial charge is 0.416 e. The molecule has 1 saturated heterocycles. The van der Waals surface area contributed by atoms with Gasteiger partial charge >= 0.3 is 6.18 Å². The first kappa shape index (κ1) is 16.4. The zero-order valence-corrected chi connectivity index (χ0v) is 13.6. The molecule has 1 aromatic carbocycles. The van der Waals surface area contributed by atoms with Crippen LogP contribution in [0.4, 0.5) is 13.2 Å². The lowest BCUT2D eigenvalue weighted by Crippen LogP contribution is -2.36. The van der Waals surface area contributed by atoms with E-state index in [9.17, 15) is 17.4 Å². The van der Waals surface area contributed by atoms with Gasteiger partial charge in [-0.25, -0.2) is 4.31 Å². The Morgan fingerprint density at radius 2 is 1.96 bits per heavy atom. The number of benzene rings is 1. The average molecular weight is 344 g/mol. The molecule has 1 aromatic heterocycles. The van der Waals surface area contributed by atoms with Crippen LogP contribution in [-0.4, -0.2) is 38.7 Å². The lowest BCUT2D eigenvalue weighted by Gasteiger charge is -2.32. The summed E-state index contributed by atoms with van der Waals surface area (Å²) in [7, 11) is -2.18. The molecule has 7 heteroatoms. The predicted molar refractivity (Wildman–Crippen MR) is 88.0 cm³/mol. The topological polar surface area (TPSA) is 36.1 Å². The SMILES string of the molecule is C=S(C)(=O)N1CCC(c2c[nH]c3cc(C(F)(F)F)ccc23)CC1. The van der Waals surface area contributed by atoms with Crippen LogP contribution < -0.4 is 0 Å². The summed E-state index contributed by atoms with van der Waals surface area (Å²) < 4.78 is 52.2. The van der Waals surface area contributed by atoms with Crippen molar-refractivity contribution in [3.05, 3.63) is 35.5 Å². The first-order valence-corrected chi connectivity index (χ1v) is 9.51. The molecule has 1 atom stereocenters. The van der Waals surface area contributed by atoms with E-state index in [1.54, 1.807) is 18.5 Å². The van der Waals surface area contributed by atoms with Crippen LogP contribution >= 0.6 is 0 Å². The molecule has 23 heavy (non-hydrogen) atoms. The molecule has 0 radical (unpaired) electrons. The maximum absolute atomic E-state index is 12.8. The summed E-state index contributed by atoms with van der Waals surface area (Å²) in [4.78, 5) is 2.96. The number of hydrogen-bond donors (Lipinski definition) is 1. The van der Waals surface area contributed by atoms with Crippen LogP contribution in [0.2, 0.25) is 0 Å². The zero-order valence-electron chi connectivity index (χ0n) is 12.8. The van der Waals surface area contributed by atoms with Crippen molar-refractivity contribution in [2.24, 2.45) is 0 Å². The average Bonchev–Trinajstić information content (AvgIpc) is 2.88. The third-order valence-electron chi connectivity index (χ3n) is 4.48. The minimum Gasteiger partial charge on any atom is -0.361 e. The minimum absolute atomic E-state index is 0.262. The molecule has 2 heterocycles. The molecule has 0 aliphatic carbocycles. The molecule has 1 N–H and O–H groups in total. The smallest absolute Gasteiger partial charge is 0.361 e. The highest BCUT2D eigenvalue weighted by atomic mass is 32.2. The second kappa shape index (κ2) is 5.56. The quantitative estimate of drug-likeness (QED) is 0.830. The van der Waals surface area contributed by atoms with E-state index in [4.69, 9.17) is 0 Å². The fourth-order valence-electron chi connectivity index (χ4n) is 3.22. The highest BCUT2D eigenvalue weighted by Gasteiger charge is 2.31. The van der Waals surface area contributed by atoms with E-state index in [1.807, 2.05) is 4.31 Å². The van der Waals surface area contributed by atoms with E-state index in [0.29, 0.717) is 18.6 Å². The van der Waals surface area contributed by atoms with Crippen molar-refractivity contribution in [1.82, 2.24) is 9.29 Å². The molecule has 2 aromatic rings. The number of nitrogens with zero attached hydrogens (tertiary/aromatic N) is 1. The summed E-state index contributed by atoms with van der Waals surface area (Å²) >= 11 is 0. The first-order valence-electron chi connectivity index (χ1n) is 7.42. The number of aromatic nitrogens is 1. The Morgan fingerprint density at radius 1 is 1.30 bits per heavy atom. The zero-order chi connectivity index (χ0) is 16.8. The normalized spacial score (nSPS) is 20.7. The van der Waals surface area contributed by atoms with Gasteiger partial charge in [0.05, 0.1) is 5.56 Å². The highest BCUT2D eigenvalue weighted by molar-refractivity contribution is 7.97. The number of hydrogen-bond acceptors (Lipinski definition) is 1. The molecule has 3 rings (SSSR count). The van der Waals surface area contributed by atoms with Gasteiger partial charge in [-0.3, -0.25) is 4.21 Å². The van der Waals surface area contributed by atoms with E-state index in [-0.39, 0.29) is 5.92 Å². The molecule has 1 unspecified atom stereocenters. The second-order valence-corrected chi connectivity index (χ2v) is 8.60. The van der Waals surface area contributed by atoms with E-state index >= 15 is 0 Å². The monoisotopic (exact) mass is 344 g/mol. The molecular formula is C16H19F3N2OS. The highest BCUT2D eigenvalue weighted by Crippen LogP contribution is 2.36. The van der Waals surface area contributed by atoms with Crippen LogP contribution in [0, 0.1) is 0 Å². The Bertz CT molecular complexity index is 815. The van der Waals surface area contributed by atoms with Crippen LogP contribution in [0.5, 0.6) is 0 Å². The number of halogens is 3. The van der Waals surface area contributed by atoms with Gasteiger partial charge in [-0.15, -0.1) is 0 Å². The molecule has 1 aliphatic rings. The fraction of sp³-hybridized carbons (Fsp3) is 0.438. The predicted octanol–water partition coefficient (Wildman–Crippen LogP) is 3.63. The molecular weight excluding hydrogens is 325 g/mol. The standard InChI is InChI=1S/C16H19F3N2OS/c1-23(2,22)21-7-5-11(6-8-21)14-10-20-15-9-12(16(17,18)19)3-4-13(14)15/h3-4,9-11,20H,1,5-8H2,2H3. The van der Waals surface area contributed by atoms with Gasteiger partial charge in [0.25, 0.3) is 0 Å². The molecule has 1 fully saturated rings. The van der Waals surface area contributed by atoms with Gasteiger partial charge in [-0.2, -0.15) is 13.2 Å². The minimum atomic E-state index is -4.33. The number of fused-ring (bicyclic) bond motifs is 1. The van der Waals surface area contributed by atoms with Crippen molar-refractivity contribution < 1.29 is 17.4 Å². The van der Waals surface area contributed by atoms with Crippen molar-refractivity contribution in [1.29, 1.82) is 0 Å². The third kappa shape index (κ3) is 3.26.